The van der Waals surface area contributed by atoms with Crippen molar-refractivity contribution in [2.75, 3.05) is 5.43 Å². The summed E-state index contributed by atoms with van der Waals surface area (Å²) in [5.74, 6) is 0. The number of nitriles is 2. The fourth-order valence-electron chi connectivity index (χ4n) is 1.26. The van der Waals surface area contributed by atoms with Crippen LogP contribution in [0.5, 0.6) is 0 Å². The lowest BCUT2D eigenvalue weighted by Crippen LogP contribution is -2.11. The Labute approximate surface area is 115 Å². The van der Waals surface area contributed by atoms with Gasteiger partial charge >= 0.3 is 0 Å². The van der Waals surface area contributed by atoms with E-state index < -0.39 is 0 Å². The van der Waals surface area contributed by atoms with E-state index in [1.165, 1.54) is 5.56 Å². The Morgan fingerprint density at radius 1 is 1.28 bits per heavy atom. The van der Waals surface area contributed by atoms with Crippen molar-refractivity contribution in [1.82, 2.24) is 0 Å². The lowest BCUT2D eigenvalue weighted by atomic mass is 9.87. The number of halogens is 1. The van der Waals surface area contributed by atoms with Gasteiger partial charge in [0.2, 0.25) is 5.71 Å². The molecule has 4 nitrogen and oxygen atoms in total. The van der Waals surface area contributed by atoms with Gasteiger partial charge in [-0.25, -0.2) is 0 Å². The number of rotatable bonds is 2. The van der Waals surface area contributed by atoms with Gasteiger partial charge in [0, 0.05) is 4.47 Å². The Morgan fingerprint density at radius 2 is 1.89 bits per heavy atom. The van der Waals surface area contributed by atoms with Gasteiger partial charge in [-0.2, -0.15) is 15.6 Å². The van der Waals surface area contributed by atoms with Gasteiger partial charge in [-0.3, -0.25) is 5.43 Å². The Morgan fingerprint density at radius 3 is 2.33 bits per heavy atom. The second-order valence-corrected chi connectivity index (χ2v) is 5.59. The minimum atomic E-state index is -0.207. The molecular weight excluding hydrogens is 292 g/mol. The summed E-state index contributed by atoms with van der Waals surface area (Å²) in [5.41, 5.74) is 4.45. The van der Waals surface area contributed by atoms with Crippen molar-refractivity contribution in [2.45, 2.75) is 26.2 Å². The van der Waals surface area contributed by atoms with Crippen molar-refractivity contribution in [3.8, 4) is 12.1 Å². The van der Waals surface area contributed by atoms with Crippen LogP contribution in [0.25, 0.3) is 0 Å². The van der Waals surface area contributed by atoms with Crippen molar-refractivity contribution in [2.24, 2.45) is 5.10 Å². The van der Waals surface area contributed by atoms with Gasteiger partial charge in [-0.15, -0.1) is 0 Å². The van der Waals surface area contributed by atoms with Crippen molar-refractivity contribution >= 4 is 27.3 Å². The summed E-state index contributed by atoms with van der Waals surface area (Å²) in [6.45, 7) is 6.39. The lowest BCUT2D eigenvalue weighted by Gasteiger charge is -2.19. The molecule has 18 heavy (non-hydrogen) atoms. The molecule has 0 saturated carbocycles. The highest BCUT2D eigenvalue weighted by Crippen LogP contribution is 2.29. The summed E-state index contributed by atoms with van der Waals surface area (Å²) in [4.78, 5) is 0. The van der Waals surface area contributed by atoms with E-state index >= 15 is 0 Å². The van der Waals surface area contributed by atoms with Crippen LogP contribution in [0.2, 0.25) is 0 Å². The van der Waals surface area contributed by atoms with Crippen LogP contribution in [0.4, 0.5) is 5.69 Å². The van der Waals surface area contributed by atoms with Crippen LogP contribution in [0.3, 0.4) is 0 Å². The molecule has 0 saturated heterocycles. The van der Waals surface area contributed by atoms with Gasteiger partial charge in [0.15, 0.2) is 0 Å². The van der Waals surface area contributed by atoms with Crippen LogP contribution in [0, 0.1) is 22.7 Å². The number of hydrazone groups is 1. The molecule has 0 amide bonds. The van der Waals surface area contributed by atoms with E-state index in [4.69, 9.17) is 10.5 Å². The van der Waals surface area contributed by atoms with Crippen LogP contribution < -0.4 is 5.43 Å². The molecule has 1 rings (SSSR count). The molecule has 0 fully saturated rings. The molecule has 92 valence electrons. The van der Waals surface area contributed by atoms with Crippen LogP contribution in [-0.2, 0) is 5.41 Å². The minimum Gasteiger partial charge on any atom is -0.275 e. The third-order valence-corrected chi connectivity index (χ3v) is 2.99. The molecule has 5 heteroatoms. The first-order valence-electron chi connectivity index (χ1n) is 5.32. The largest absolute Gasteiger partial charge is 0.275 e. The van der Waals surface area contributed by atoms with Gasteiger partial charge in [-0.1, -0.05) is 26.8 Å². The standard InChI is InChI=1S/C13H13BrN4/c1-13(2,3)9-4-5-12(11(14)6-9)18-17-10(7-15)8-16/h4-6,18H,1-3H3. The fourth-order valence-corrected chi connectivity index (χ4v) is 1.73. The smallest absolute Gasteiger partial charge is 0.237 e. The van der Waals surface area contributed by atoms with Gasteiger partial charge < -0.3 is 0 Å². The molecular formula is C13H13BrN4. The Balaban J connectivity index is 2.99. The minimum absolute atomic E-state index is 0.0643. The quantitative estimate of drug-likeness (QED) is 0.670. The zero-order valence-electron chi connectivity index (χ0n) is 10.5. The molecule has 1 N–H and O–H groups in total. The van der Waals surface area contributed by atoms with Gasteiger partial charge in [0.1, 0.15) is 12.1 Å². The molecule has 0 aromatic heterocycles. The van der Waals surface area contributed by atoms with E-state index in [9.17, 15) is 0 Å². The second-order valence-electron chi connectivity index (χ2n) is 4.74. The molecule has 0 aliphatic carbocycles. The van der Waals surface area contributed by atoms with Crippen LogP contribution in [0.1, 0.15) is 26.3 Å². The fraction of sp³-hybridized carbons (Fsp3) is 0.308. The van der Waals surface area contributed by atoms with E-state index in [1.54, 1.807) is 12.1 Å². The van der Waals surface area contributed by atoms with Crippen molar-refractivity contribution < 1.29 is 0 Å². The molecule has 1 aromatic carbocycles. The average Bonchev–Trinajstić information content (AvgIpc) is 2.30. The molecule has 1 aromatic rings. The van der Waals surface area contributed by atoms with E-state index in [1.807, 2.05) is 18.2 Å². The van der Waals surface area contributed by atoms with Gasteiger partial charge in [0.25, 0.3) is 0 Å². The van der Waals surface area contributed by atoms with Crippen LogP contribution in [0.15, 0.2) is 27.8 Å². The summed E-state index contributed by atoms with van der Waals surface area (Å²) in [6, 6.07) is 9.22. The summed E-state index contributed by atoms with van der Waals surface area (Å²) in [5, 5.41) is 20.8. The van der Waals surface area contributed by atoms with Gasteiger partial charge in [-0.05, 0) is 39.0 Å². The molecule has 0 atom stereocenters. The van der Waals surface area contributed by atoms with E-state index in [2.05, 4.69) is 47.2 Å². The lowest BCUT2D eigenvalue weighted by molar-refractivity contribution is 0.590. The average molecular weight is 305 g/mol. The van der Waals surface area contributed by atoms with Crippen LogP contribution >= 0.6 is 15.9 Å². The van der Waals surface area contributed by atoms with Gasteiger partial charge in [0.05, 0.1) is 5.69 Å². The van der Waals surface area contributed by atoms with E-state index in [-0.39, 0.29) is 11.1 Å². The Kier molecular flexibility index (Phi) is 4.47. The third kappa shape index (κ3) is 3.58. The summed E-state index contributed by atoms with van der Waals surface area (Å²) < 4.78 is 0.842. The SMILES string of the molecule is CC(C)(C)c1ccc(NN=C(C#N)C#N)c(Br)c1. The molecule has 0 bridgehead atoms. The number of hydrogen-bond acceptors (Lipinski definition) is 4. The topological polar surface area (TPSA) is 72.0 Å². The first-order valence-corrected chi connectivity index (χ1v) is 6.11. The number of nitrogens with zero attached hydrogens (tertiary/aromatic N) is 3. The maximum Gasteiger partial charge on any atom is 0.237 e. The predicted octanol–water partition coefficient (Wildman–Crippen LogP) is 3.56. The maximum atomic E-state index is 8.57. The normalized spacial score (nSPS) is 10.1. The zero-order valence-corrected chi connectivity index (χ0v) is 12.0. The number of hydrogen-bond donors (Lipinski definition) is 1. The highest BCUT2D eigenvalue weighted by molar-refractivity contribution is 9.10. The predicted molar refractivity (Wildman–Crippen MR) is 75.1 cm³/mol. The number of anilines is 1. The maximum absolute atomic E-state index is 8.57. The Bertz CT molecular complexity index is 540. The molecule has 0 radical (unpaired) electrons. The summed E-state index contributed by atoms with van der Waals surface area (Å²) >= 11 is 3.44. The highest BCUT2D eigenvalue weighted by atomic mass is 79.9. The molecule has 0 aliphatic heterocycles. The molecule has 0 unspecified atom stereocenters. The summed E-state index contributed by atoms with van der Waals surface area (Å²) in [6.07, 6.45) is 0. The highest BCUT2D eigenvalue weighted by Gasteiger charge is 2.14. The van der Waals surface area contributed by atoms with E-state index in [0.717, 1.165) is 4.47 Å². The summed E-state index contributed by atoms with van der Waals surface area (Å²) in [7, 11) is 0. The first kappa shape index (κ1) is 14.2. The number of benzene rings is 1. The molecule has 0 heterocycles. The zero-order chi connectivity index (χ0) is 13.8. The van der Waals surface area contributed by atoms with Crippen molar-refractivity contribution in [1.29, 1.82) is 10.5 Å². The molecule has 0 aliphatic rings. The van der Waals surface area contributed by atoms with E-state index in [0.29, 0.717) is 5.69 Å². The van der Waals surface area contributed by atoms with Crippen LogP contribution in [-0.4, -0.2) is 5.71 Å². The van der Waals surface area contributed by atoms with Crippen molar-refractivity contribution in [3.05, 3.63) is 28.2 Å². The first-order chi connectivity index (χ1) is 8.38. The second kappa shape index (κ2) is 5.66. The number of nitrogens with one attached hydrogen (secondary N) is 1. The monoisotopic (exact) mass is 304 g/mol. The Hall–Kier alpha value is -1.85. The van der Waals surface area contributed by atoms with Crippen molar-refractivity contribution in [3.63, 3.8) is 0 Å². The molecule has 0 spiro atoms. The third-order valence-electron chi connectivity index (χ3n) is 2.34.